The molecule has 0 unspecified atom stereocenters. The summed E-state index contributed by atoms with van der Waals surface area (Å²) in [5, 5.41) is 18.5. The largest absolute Gasteiger partial charge is 1.00 e. The minimum absolute atomic E-state index is 0. The molecular formula is C59H79Cl3IN12Na2O11P. The zero-order valence-corrected chi connectivity index (χ0v) is 62.4. The first kappa shape index (κ1) is 87.3. The predicted octanol–water partition coefficient (Wildman–Crippen LogP) is 7.44. The molecule has 7 aromatic rings. The zero-order chi connectivity index (χ0) is 65.4. The van der Waals surface area contributed by atoms with E-state index in [1.54, 1.807) is 70.0 Å². The number of amides is 1. The predicted molar refractivity (Wildman–Crippen MR) is 368 cm³/mol. The molecule has 0 aliphatic rings. The van der Waals surface area contributed by atoms with E-state index in [4.69, 9.17) is 62.7 Å². The Hall–Kier alpha value is -5.89. The van der Waals surface area contributed by atoms with Crippen LogP contribution in [0.25, 0.3) is 33.2 Å². The Kier molecular flexibility index (Phi) is 44.5. The molecule has 0 fully saturated rings. The van der Waals surface area contributed by atoms with E-state index in [1.807, 2.05) is 117 Å². The van der Waals surface area contributed by atoms with Gasteiger partial charge in [0.1, 0.15) is 34.6 Å². The van der Waals surface area contributed by atoms with Crippen LogP contribution in [0.3, 0.4) is 0 Å². The molecule has 0 bridgehead atoms. The Labute approximate surface area is 596 Å². The van der Waals surface area contributed by atoms with Gasteiger partial charge in [0.25, 0.3) is 0 Å². The van der Waals surface area contributed by atoms with E-state index in [1.165, 1.54) is 38.5 Å². The van der Waals surface area contributed by atoms with E-state index >= 15 is 0 Å². The SMILES string of the molecule is CI.COc1cc(-c2cc3ncccc3c(NCCCN)n2)ccc1N(C)C.COc1cc(C(=O)O)ccc1N.COc1cc(C(=O)O)ccc1N(C)C.COc1cc(C(N)=O)ccc1N(C)C.O=P(Cl)(Cl)Cl.[C-]#[N+]c1ccc(N(C)C)c(OC)c1.[H-].[NH2-].[Na+].[Na+]. The van der Waals surface area contributed by atoms with Crippen molar-refractivity contribution in [2.45, 2.75) is 6.42 Å². The van der Waals surface area contributed by atoms with Gasteiger partial charge in [-0.3, -0.25) is 14.3 Å². The van der Waals surface area contributed by atoms with E-state index < -0.39 is 23.0 Å². The number of fused-ring (bicyclic) bond motifs is 1. The quantitative estimate of drug-likeness (QED) is 0.00981. The maximum atomic E-state index is 10.9. The van der Waals surface area contributed by atoms with Crippen molar-refractivity contribution < 1.29 is 113 Å². The normalized spacial score (nSPS) is 9.51. The van der Waals surface area contributed by atoms with E-state index in [2.05, 4.69) is 77.5 Å². The summed E-state index contributed by atoms with van der Waals surface area (Å²) in [7, 11) is 23.2. The van der Waals surface area contributed by atoms with Crippen LogP contribution in [0.15, 0.2) is 115 Å². The van der Waals surface area contributed by atoms with Gasteiger partial charge in [-0.15, -0.1) is 0 Å². The van der Waals surface area contributed by atoms with Crippen LogP contribution in [0, 0.1) is 6.57 Å². The Morgan fingerprint density at radius 1 is 0.640 bits per heavy atom. The fourth-order valence-electron chi connectivity index (χ4n) is 7.20. The smallest absolute Gasteiger partial charge is 1.00 e. The summed E-state index contributed by atoms with van der Waals surface area (Å²) in [5.74, 6) is 1.58. The molecule has 0 atom stereocenters. The number of methoxy groups -OCH3 is 5. The molecule has 0 radical (unpaired) electrons. The minimum Gasteiger partial charge on any atom is -1.00 e. The molecule has 0 spiro atoms. The number of carbonyl (C=O) groups is 3. The maximum Gasteiger partial charge on any atom is 1.00 e. The number of carboxylic acids is 2. The minimum atomic E-state index is -3.22. The first-order valence-electron chi connectivity index (χ1n) is 25.3. The summed E-state index contributed by atoms with van der Waals surface area (Å²) in [5.41, 5.74) is 24.7. The third kappa shape index (κ3) is 30.7. The van der Waals surface area contributed by atoms with Crippen LogP contribution >= 0.6 is 61.5 Å². The number of nitrogens with zero attached hydrogens (tertiary/aromatic N) is 7. The third-order valence-electron chi connectivity index (χ3n) is 11.3. The molecule has 2 aromatic heterocycles. The number of ether oxygens (including phenoxy) is 5. The number of aromatic carboxylic acids is 2. The van der Waals surface area contributed by atoms with Crippen LogP contribution in [0.2, 0.25) is 0 Å². The van der Waals surface area contributed by atoms with E-state index in [-0.39, 0.29) is 77.8 Å². The number of nitrogens with two attached hydrogens (primary N) is 4. The van der Waals surface area contributed by atoms with Gasteiger partial charge in [0.15, 0.2) is 5.69 Å². The number of nitrogens with one attached hydrogen (secondary N) is 1. The van der Waals surface area contributed by atoms with Gasteiger partial charge in [-0.25, -0.2) is 19.4 Å². The number of carboxylic acid groups (broad SMARTS) is 2. The van der Waals surface area contributed by atoms with Crippen molar-refractivity contribution in [1.82, 2.24) is 9.97 Å². The summed E-state index contributed by atoms with van der Waals surface area (Å²) < 4.78 is 35.3. The van der Waals surface area contributed by atoms with Crippen LogP contribution in [0.1, 0.15) is 38.9 Å². The molecule has 89 heavy (non-hydrogen) atoms. The molecule has 23 nitrogen and oxygen atoms in total. The Morgan fingerprint density at radius 3 is 1.45 bits per heavy atom. The number of alkyl halides is 1. The second-order valence-corrected chi connectivity index (χ2v) is 24.7. The molecule has 0 saturated carbocycles. The van der Waals surface area contributed by atoms with Gasteiger partial charge in [-0.2, -0.15) is 0 Å². The molecule has 476 valence electrons. The molecule has 0 saturated heterocycles. The number of primary amides is 1. The van der Waals surface area contributed by atoms with Crippen LogP contribution in [0.4, 0.5) is 39.9 Å². The molecule has 30 heteroatoms. The molecule has 0 aliphatic heterocycles. The molecule has 1 amide bonds. The number of aromatic nitrogens is 2. The first-order chi connectivity index (χ1) is 40.6. The fourth-order valence-corrected chi connectivity index (χ4v) is 7.20. The fraction of sp³-hybridized carbons (Fsp3) is 0.288. The Balaban J connectivity index is -0.000000510. The van der Waals surface area contributed by atoms with Gasteiger partial charge in [0, 0.05) is 85.6 Å². The number of carbonyl (C=O) groups excluding carboxylic acids is 1. The van der Waals surface area contributed by atoms with Crippen LogP contribution < -0.4 is 125 Å². The molecule has 0 aliphatic carbocycles. The number of anilines is 6. The van der Waals surface area contributed by atoms with E-state index in [0.29, 0.717) is 40.7 Å². The number of nitrogen functional groups attached to an aromatic ring is 1. The van der Waals surface area contributed by atoms with E-state index in [9.17, 15) is 18.9 Å². The summed E-state index contributed by atoms with van der Waals surface area (Å²) in [6.45, 7) is 8.27. The zero-order valence-electron chi connectivity index (χ0n) is 54.1. The number of pyridine rings is 2. The Bertz CT molecular complexity index is 3340. The topological polar surface area (TPSA) is 322 Å². The van der Waals surface area contributed by atoms with Crippen LogP contribution in [-0.2, 0) is 4.57 Å². The van der Waals surface area contributed by atoms with Crippen molar-refractivity contribution in [2.75, 3.05) is 141 Å². The third-order valence-corrected chi connectivity index (χ3v) is 11.3. The van der Waals surface area contributed by atoms with Gasteiger partial charge < -0.3 is 83.6 Å². The van der Waals surface area contributed by atoms with Gasteiger partial charge in [-0.1, -0.05) is 34.7 Å². The van der Waals surface area contributed by atoms with Crippen molar-refractivity contribution in [3.8, 4) is 40.0 Å². The first-order valence-corrected chi connectivity index (χ1v) is 31.9. The van der Waals surface area contributed by atoms with Crippen LogP contribution in [0.5, 0.6) is 28.7 Å². The molecule has 2 heterocycles. The summed E-state index contributed by atoms with van der Waals surface area (Å²) in [6, 6.07) is 31.7. The van der Waals surface area contributed by atoms with Crippen molar-refractivity contribution in [3.63, 3.8) is 0 Å². The number of hydrogen-bond acceptors (Lipinski definition) is 18. The second kappa shape index (κ2) is 45.4. The molecule has 7 rings (SSSR count). The molecule has 11 N–H and O–H groups in total. The maximum absolute atomic E-state index is 10.9. The average molecular weight is 1440 g/mol. The number of halogens is 4. The van der Waals surface area contributed by atoms with Gasteiger partial charge in [-0.05, 0) is 149 Å². The van der Waals surface area contributed by atoms with Crippen LogP contribution in [-0.4, -0.2) is 148 Å². The van der Waals surface area contributed by atoms with Gasteiger partial charge in [0.2, 0.25) is 5.91 Å². The Morgan fingerprint density at radius 2 is 1.03 bits per heavy atom. The molecule has 5 aromatic carbocycles. The van der Waals surface area contributed by atoms with Crippen molar-refractivity contribution >= 4 is 130 Å². The summed E-state index contributed by atoms with van der Waals surface area (Å²) >= 11 is 16.0. The van der Waals surface area contributed by atoms with Gasteiger partial charge in [0.05, 0.1) is 92.9 Å². The number of hydrogen-bond donors (Lipinski definition) is 6. The van der Waals surface area contributed by atoms with Crippen molar-refractivity contribution in [3.05, 3.63) is 150 Å². The second-order valence-electron chi connectivity index (χ2n) is 18.0. The van der Waals surface area contributed by atoms with Crippen molar-refractivity contribution in [1.29, 1.82) is 0 Å². The molecular weight excluding hydrogens is 1360 g/mol. The van der Waals surface area contributed by atoms with Crippen molar-refractivity contribution in [2.24, 2.45) is 11.5 Å². The average Bonchev–Trinajstić information content (AvgIpc) is 3.68. The summed E-state index contributed by atoms with van der Waals surface area (Å²) in [6.07, 6.45) is 2.69. The number of rotatable bonds is 17. The van der Waals surface area contributed by atoms with Gasteiger partial charge >= 0.3 is 76.3 Å². The number of benzene rings is 5. The standard InChI is InChI=1S/C20H25N5O.C10H14N2O2.C10H12N2O.C10H13NO3.C8H9NO3.CH3I.Cl3OP.H2N.2Na.H/c1-25(2)18-8-7-14(12-19(18)26-3)16-13-17-15(6-4-10-22-17)20(24-16)23-11-5-9-21;1-12(2)8-5-4-7(10(11)13)6-9(8)14-3;1-11-8-5-6-9(12(2)3)10(7-8)13-4;1-11(2)8-5-4-7(10(12)13)6-9(8)14-3;1-12-7-4-5(8(10)11)2-3-6(7)9;1-2;1-5(2,3)4;;;;/h4,6-8,10,12-13H,5,9,11,21H2,1-3H3,(H,23,24);4-6H,1-3H3,(H2,11,13);5-7H,2-4H3;4-6H,1-3H3,(H,12,13);2-4H,9H2,1H3,(H,10,11);1H3;;1H2;;;/q;;;;;;;-1;2*+1;-1. The summed E-state index contributed by atoms with van der Waals surface area (Å²) in [4.78, 5) is 54.5. The van der Waals surface area contributed by atoms with E-state index in [0.717, 1.165) is 75.2 Å². The monoisotopic (exact) mass is 1440 g/mol.